The number of alkyl halides is 2. The number of rotatable bonds is 6. The number of aryl methyl sites for hydroxylation is 1. The molecular formula is C20H19F2N5O3S. The number of aromatic nitrogens is 3. The van der Waals surface area contributed by atoms with Crippen LogP contribution in [0.5, 0.6) is 5.75 Å². The summed E-state index contributed by atoms with van der Waals surface area (Å²) in [5.41, 5.74) is 1.14. The highest BCUT2D eigenvalue weighted by Gasteiger charge is 2.35. The Morgan fingerprint density at radius 2 is 2.19 bits per heavy atom. The van der Waals surface area contributed by atoms with Crippen molar-refractivity contribution in [2.45, 2.75) is 19.9 Å². The zero-order valence-electron chi connectivity index (χ0n) is 16.7. The van der Waals surface area contributed by atoms with Gasteiger partial charge in [0.2, 0.25) is 11.8 Å². The van der Waals surface area contributed by atoms with Gasteiger partial charge in [0.1, 0.15) is 5.75 Å². The second-order valence-electron chi connectivity index (χ2n) is 6.97. The van der Waals surface area contributed by atoms with Crippen molar-refractivity contribution in [2.75, 3.05) is 23.9 Å². The summed E-state index contributed by atoms with van der Waals surface area (Å²) < 4.78 is 32.2. The molecule has 162 valence electrons. The van der Waals surface area contributed by atoms with Crippen molar-refractivity contribution in [1.82, 2.24) is 14.5 Å². The number of nitrogens with one attached hydrogen (secondary N) is 1. The summed E-state index contributed by atoms with van der Waals surface area (Å²) in [7, 11) is 1.54. The largest absolute Gasteiger partial charge is 0.497 e. The van der Waals surface area contributed by atoms with Gasteiger partial charge in [0.15, 0.2) is 11.0 Å². The van der Waals surface area contributed by atoms with Crippen LogP contribution in [0.1, 0.15) is 18.7 Å². The van der Waals surface area contributed by atoms with Crippen LogP contribution in [0.2, 0.25) is 0 Å². The minimum atomic E-state index is -2.73. The van der Waals surface area contributed by atoms with Gasteiger partial charge in [-0.15, -0.1) is 0 Å². The molecule has 0 spiro atoms. The molecule has 31 heavy (non-hydrogen) atoms. The van der Waals surface area contributed by atoms with Gasteiger partial charge in [-0.2, -0.15) is 8.78 Å². The number of methoxy groups -OCH3 is 1. The number of halogens is 2. The van der Waals surface area contributed by atoms with Crippen molar-refractivity contribution >= 4 is 34.0 Å². The number of carbonyl (C=O) groups is 2. The summed E-state index contributed by atoms with van der Waals surface area (Å²) in [6.07, 6.45) is 2.54. The van der Waals surface area contributed by atoms with E-state index < -0.39 is 12.5 Å². The van der Waals surface area contributed by atoms with Crippen molar-refractivity contribution < 1.29 is 23.1 Å². The molecule has 2 amide bonds. The number of imidazole rings is 1. The van der Waals surface area contributed by atoms with Gasteiger partial charge in [-0.05, 0) is 19.1 Å². The first-order chi connectivity index (χ1) is 14.9. The molecule has 0 bridgehead atoms. The fourth-order valence-corrected chi connectivity index (χ4v) is 4.39. The maximum Gasteiger partial charge on any atom is 0.320 e. The molecule has 1 N–H and O–H groups in total. The third-order valence-electron chi connectivity index (χ3n) is 4.97. The van der Waals surface area contributed by atoms with Crippen molar-refractivity contribution in [1.29, 1.82) is 0 Å². The van der Waals surface area contributed by atoms with Gasteiger partial charge in [0.25, 0.3) is 0 Å². The number of hydrogen-bond acceptors (Lipinski definition) is 6. The van der Waals surface area contributed by atoms with E-state index in [1.54, 1.807) is 43.2 Å². The molecule has 2 aromatic heterocycles. The first-order valence-corrected chi connectivity index (χ1v) is 10.2. The van der Waals surface area contributed by atoms with Crippen LogP contribution in [0.25, 0.3) is 10.7 Å². The highest BCUT2D eigenvalue weighted by Crippen LogP contribution is 2.34. The summed E-state index contributed by atoms with van der Waals surface area (Å²) >= 11 is 1.06. The summed E-state index contributed by atoms with van der Waals surface area (Å²) in [5.74, 6) is -0.370. The van der Waals surface area contributed by atoms with E-state index >= 15 is 0 Å². The van der Waals surface area contributed by atoms with E-state index in [0.29, 0.717) is 22.0 Å². The van der Waals surface area contributed by atoms with Crippen molar-refractivity contribution in [2.24, 2.45) is 5.92 Å². The molecule has 1 aliphatic heterocycles. The molecule has 0 radical (unpaired) electrons. The van der Waals surface area contributed by atoms with Crippen LogP contribution in [0.15, 0.2) is 36.7 Å². The standard InChI is InChI=1S/C20H19F2N5O3S/c1-11-16(17-23-6-7-26(17)19(21)22)31-20(24-11)25-18(29)12-8-15(28)27(10-12)13-4-3-5-14(9-13)30-2/h3-7,9,12,19H,8,10H2,1-2H3,(H,24,25,29)/t12-/m1/s1. The SMILES string of the molecule is COc1cccc(N2C[C@H](C(=O)Nc3nc(C)c(-c4nccn4C(F)F)s3)CC2=O)c1. The van der Waals surface area contributed by atoms with Gasteiger partial charge in [-0.1, -0.05) is 17.4 Å². The molecular weight excluding hydrogens is 428 g/mol. The Hall–Kier alpha value is -3.34. The average Bonchev–Trinajstić information content (AvgIpc) is 3.46. The molecule has 4 rings (SSSR count). The van der Waals surface area contributed by atoms with E-state index in [1.807, 2.05) is 0 Å². The minimum absolute atomic E-state index is 0.0655. The normalized spacial score (nSPS) is 16.2. The van der Waals surface area contributed by atoms with E-state index in [4.69, 9.17) is 4.74 Å². The quantitative estimate of drug-likeness (QED) is 0.622. The summed E-state index contributed by atoms with van der Waals surface area (Å²) in [5, 5.41) is 2.98. The van der Waals surface area contributed by atoms with E-state index in [-0.39, 0.29) is 35.7 Å². The molecule has 1 aliphatic rings. The lowest BCUT2D eigenvalue weighted by Crippen LogP contribution is -2.28. The van der Waals surface area contributed by atoms with Crippen LogP contribution >= 0.6 is 11.3 Å². The maximum absolute atomic E-state index is 13.2. The molecule has 0 aliphatic carbocycles. The molecule has 3 aromatic rings. The Kier molecular flexibility index (Phi) is 5.68. The number of thiazole rings is 1. The van der Waals surface area contributed by atoms with Crippen LogP contribution in [-0.4, -0.2) is 40.0 Å². The van der Waals surface area contributed by atoms with Gasteiger partial charge in [0.05, 0.1) is 23.6 Å². The first kappa shape index (κ1) is 20.9. The van der Waals surface area contributed by atoms with Crippen molar-refractivity contribution in [3.63, 3.8) is 0 Å². The first-order valence-electron chi connectivity index (χ1n) is 9.41. The van der Waals surface area contributed by atoms with Crippen LogP contribution in [-0.2, 0) is 9.59 Å². The lowest BCUT2D eigenvalue weighted by molar-refractivity contribution is -0.122. The Balaban J connectivity index is 1.48. The van der Waals surface area contributed by atoms with E-state index in [9.17, 15) is 18.4 Å². The Morgan fingerprint density at radius 1 is 1.39 bits per heavy atom. The average molecular weight is 447 g/mol. The number of nitrogens with zero attached hydrogens (tertiary/aromatic N) is 4. The van der Waals surface area contributed by atoms with Gasteiger partial charge >= 0.3 is 6.55 Å². The highest BCUT2D eigenvalue weighted by atomic mass is 32.1. The zero-order valence-corrected chi connectivity index (χ0v) is 17.5. The molecule has 1 saturated heterocycles. The second kappa shape index (κ2) is 8.42. The van der Waals surface area contributed by atoms with E-state index in [1.165, 1.54) is 12.4 Å². The fraction of sp³-hybridized carbons (Fsp3) is 0.300. The number of carbonyl (C=O) groups excluding carboxylic acids is 2. The number of ether oxygens (including phenoxy) is 1. The molecule has 11 heteroatoms. The third-order valence-corrected chi connectivity index (χ3v) is 6.04. The molecule has 8 nitrogen and oxygen atoms in total. The van der Waals surface area contributed by atoms with E-state index in [0.717, 1.165) is 15.9 Å². The minimum Gasteiger partial charge on any atom is -0.497 e. The van der Waals surface area contributed by atoms with Crippen LogP contribution in [0, 0.1) is 12.8 Å². The summed E-state index contributed by atoms with van der Waals surface area (Å²) in [4.78, 5) is 35.5. The maximum atomic E-state index is 13.2. The van der Waals surface area contributed by atoms with Crippen molar-refractivity contribution in [3.05, 3.63) is 42.4 Å². The predicted octanol–water partition coefficient (Wildman–Crippen LogP) is 3.71. The molecule has 1 fully saturated rings. The van der Waals surface area contributed by atoms with Gasteiger partial charge < -0.3 is 15.0 Å². The molecule has 3 heterocycles. The van der Waals surface area contributed by atoms with Gasteiger partial charge in [0, 0.05) is 37.1 Å². The molecule has 1 aromatic carbocycles. The highest BCUT2D eigenvalue weighted by molar-refractivity contribution is 7.19. The Bertz CT molecular complexity index is 1130. The number of hydrogen-bond donors (Lipinski definition) is 1. The number of benzene rings is 1. The van der Waals surface area contributed by atoms with Gasteiger partial charge in [-0.3, -0.25) is 14.2 Å². The lowest BCUT2D eigenvalue weighted by Gasteiger charge is -2.17. The third kappa shape index (κ3) is 4.13. The Labute approximate surface area is 180 Å². The van der Waals surface area contributed by atoms with Crippen LogP contribution in [0.3, 0.4) is 0 Å². The predicted molar refractivity (Wildman–Crippen MR) is 111 cm³/mol. The number of anilines is 2. The van der Waals surface area contributed by atoms with Gasteiger partial charge in [-0.25, -0.2) is 9.97 Å². The fourth-order valence-electron chi connectivity index (χ4n) is 3.42. The zero-order chi connectivity index (χ0) is 22.1. The van der Waals surface area contributed by atoms with E-state index in [2.05, 4.69) is 15.3 Å². The molecule has 1 atom stereocenters. The molecule has 0 unspecified atom stereocenters. The van der Waals surface area contributed by atoms with Crippen molar-refractivity contribution in [3.8, 4) is 16.5 Å². The topological polar surface area (TPSA) is 89.3 Å². The second-order valence-corrected chi connectivity index (χ2v) is 7.96. The van der Waals surface area contributed by atoms with Crippen LogP contribution < -0.4 is 15.0 Å². The van der Waals surface area contributed by atoms with Crippen LogP contribution in [0.4, 0.5) is 19.6 Å². The lowest BCUT2D eigenvalue weighted by atomic mass is 10.1. The summed E-state index contributed by atoms with van der Waals surface area (Å²) in [6, 6.07) is 7.07. The Morgan fingerprint density at radius 3 is 2.94 bits per heavy atom. The number of amides is 2. The monoisotopic (exact) mass is 447 g/mol. The summed E-state index contributed by atoms with van der Waals surface area (Å²) in [6.45, 7) is -0.843. The smallest absolute Gasteiger partial charge is 0.320 e. The molecule has 0 saturated carbocycles.